The molecule has 2 unspecified atom stereocenters. The molecule has 0 radical (unpaired) electrons. The van der Waals surface area contributed by atoms with Crippen LogP contribution in [0.4, 0.5) is 5.13 Å². The molecule has 1 aliphatic carbocycles. The summed E-state index contributed by atoms with van der Waals surface area (Å²) < 4.78 is 0. The van der Waals surface area contributed by atoms with E-state index in [1.807, 2.05) is 12.2 Å². The third-order valence-electron chi connectivity index (χ3n) is 4.58. The predicted octanol–water partition coefficient (Wildman–Crippen LogP) is 0.533. The van der Waals surface area contributed by atoms with Gasteiger partial charge in [0.15, 0.2) is 10.8 Å². The van der Waals surface area contributed by atoms with E-state index in [9.17, 15) is 19.5 Å². The van der Waals surface area contributed by atoms with Gasteiger partial charge in [-0.1, -0.05) is 11.2 Å². The smallest absolute Gasteiger partial charge is 0.352 e. The second-order valence-corrected chi connectivity index (χ2v) is 8.48. The van der Waals surface area contributed by atoms with Gasteiger partial charge in [0.25, 0.3) is 11.8 Å². The number of thiazole rings is 1. The zero-order valence-electron chi connectivity index (χ0n) is 15.0. The van der Waals surface area contributed by atoms with E-state index in [4.69, 9.17) is 10.6 Å². The minimum Gasteiger partial charge on any atom is -0.477 e. The number of carboxylic acids is 1. The number of allylic oxidation sites excluding steroid dienone is 1. The summed E-state index contributed by atoms with van der Waals surface area (Å²) in [6.07, 6.45) is 6.71. The molecule has 3 aliphatic rings. The Morgan fingerprint density at radius 1 is 1.45 bits per heavy atom. The van der Waals surface area contributed by atoms with Gasteiger partial charge in [-0.15, -0.1) is 23.1 Å². The van der Waals surface area contributed by atoms with Gasteiger partial charge in [-0.25, -0.2) is 9.78 Å². The maximum Gasteiger partial charge on any atom is 0.352 e. The number of aliphatic carboxylic acids is 1. The highest BCUT2D eigenvalue weighted by atomic mass is 32.2. The first-order valence-corrected chi connectivity index (χ1v) is 10.7. The molecule has 0 aromatic carbocycles. The number of anilines is 1. The molecule has 1 fully saturated rings. The summed E-state index contributed by atoms with van der Waals surface area (Å²) >= 11 is 2.52. The quantitative estimate of drug-likeness (QED) is 0.254. The van der Waals surface area contributed by atoms with Gasteiger partial charge >= 0.3 is 5.97 Å². The van der Waals surface area contributed by atoms with Gasteiger partial charge in [0.05, 0.1) is 0 Å². The predicted molar refractivity (Wildman–Crippen MR) is 107 cm³/mol. The van der Waals surface area contributed by atoms with E-state index in [2.05, 4.69) is 15.5 Å². The second kappa shape index (κ2) is 7.87. The SMILES string of the molecule is Nc1nc(C(=NOC2C=CCC2)C(=O)NC2C(=O)N3C(C(=O)O)=CCS[C@H]23)cs1. The topological polar surface area (TPSA) is 147 Å². The number of nitrogens with one attached hydrogen (secondary N) is 1. The van der Waals surface area contributed by atoms with Crippen LogP contribution in [-0.4, -0.2) is 61.8 Å². The Labute approximate surface area is 173 Å². The number of carbonyl (C=O) groups is 3. The summed E-state index contributed by atoms with van der Waals surface area (Å²) in [4.78, 5) is 47.3. The highest BCUT2D eigenvalue weighted by Gasteiger charge is 2.53. The van der Waals surface area contributed by atoms with Crippen LogP contribution >= 0.6 is 23.1 Å². The van der Waals surface area contributed by atoms with Crippen molar-refractivity contribution in [2.24, 2.45) is 5.16 Å². The summed E-state index contributed by atoms with van der Waals surface area (Å²) in [5, 5.41) is 17.2. The highest BCUT2D eigenvalue weighted by molar-refractivity contribution is 8.00. The van der Waals surface area contributed by atoms with Gasteiger partial charge in [0.2, 0.25) is 0 Å². The molecular formula is C17H17N5O5S2. The maximum atomic E-state index is 12.9. The van der Waals surface area contributed by atoms with Crippen LogP contribution in [0.1, 0.15) is 18.5 Å². The van der Waals surface area contributed by atoms with Crippen LogP contribution in [0.5, 0.6) is 0 Å². The van der Waals surface area contributed by atoms with E-state index in [0.717, 1.165) is 24.2 Å². The number of nitrogens with zero attached hydrogens (tertiary/aromatic N) is 3. The van der Waals surface area contributed by atoms with Gasteiger partial charge in [-0.2, -0.15) is 0 Å². The first-order chi connectivity index (χ1) is 14.0. The van der Waals surface area contributed by atoms with E-state index < -0.39 is 29.2 Å². The minimum atomic E-state index is -1.17. The number of carbonyl (C=O) groups excluding carboxylic acids is 2. The molecule has 0 spiro atoms. The van der Waals surface area contributed by atoms with Crippen LogP contribution in [0.25, 0.3) is 0 Å². The number of β-lactam (4-membered cyclic amide) rings is 1. The highest BCUT2D eigenvalue weighted by Crippen LogP contribution is 2.37. The Morgan fingerprint density at radius 3 is 2.93 bits per heavy atom. The lowest BCUT2D eigenvalue weighted by molar-refractivity contribution is -0.150. The molecule has 29 heavy (non-hydrogen) atoms. The van der Waals surface area contributed by atoms with Crippen molar-refractivity contribution < 1.29 is 24.3 Å². The van der Waals surface area contributed by atoms with E-state index >= 15 is 0 Å². The lowest BCUT2D eigenvalue weighted by atomic mass is 10.0. The van der Waals surface area contributed by atoms with Gasteiger partial charge in [0, 0.05) is 11.1 Å². The van der Waals surface area contributed by atoms with Crippen LogP contribution in [0.3, 0.4) is 0 Å². The zero-order valence-corrected chi connectivity index (χ0v) is 16.6. The van der Waals surface area contributed by atoms with Crippen LogP contribution in [-0.2, 0) is 19.2 Å². The fourth-order valence-electron chi connectivity index (χ4n) is 3.16. The van der Waals surface area contributed by atoms with E-state index in [1.54, 1.807) is 5.38 Å². The van der Waals surface area contributed by atoms with Crippen LogP contribution in [0, 0.1) is 0 Å². The Morgan fingerprint density at radius 2 is 2.28 bits per heavy atom. The number of fused-ring (bicyclic) bond motifs is 1. The largest absolute Gasteiger partial charge is 0.477 e. The standard InChI is InChI=1S/C17H17N5O5S2/c18-17-19-9(7-29-17)11(21-27-8-3-1-2-4-8)13(23)20-12-14(24)22-10(16(25)26)5-6-28-15(12)22/h1,3,5,7-8,12,15H,2,4,6H2,(H2,18,19)(H,20,23)(H,25,26)/t8?,12?,15-/m1/s1. The normalized spacial score (nSPS) is 25.9. The molecule has 0 bridgehead atoms. The van der Waals surface area contributed by atoms with E-state index in [-0.39, 0.29) is 28.3 Å². The lowest BCUT2D eigenvalue weighted by Crippen LogP contribution is -2.70. The summed E-state index contributed by atoms with van der Waals surface area (Å²) in [5.41, 5.74) is 5.77. The summed E-state index contributed by atoms with van der Waals surface area (Å²) in [5.74, 6) is -1.86. The molecule has 10 nitrogen and oxygen atoms in total. The molecule has 3 heterocycles. The van der Waals surface area contributed by atoms with Crippen molar-refractivity contribution in [2.45, 2.75) is 30.4 Å². The van der Waals surface area contributed by atoms with Gasteiger partial charge in [0.1, 0.15) is 28.9 Å². The summed E-state index contributed by atoms with van der Waals surface area (Å²) in [6.45, 7) is 0. The fraction of sp³-hybridized carbons (Fsp3) is 0.353. The van der Waals surface area contributed by atoms with Gasteiger partial charge in [-0.3, -0.25) is 14.5 Å². The molecular weight excluding hydrogens is 418 g/mol. The van der Waals surface area contributed by atoms with Crippen molar-refractivity contribution in [3.05, 3.63) is 35.0 Å². The van der Waals surface area contributed by atoms with Crippen molar-refractivity contribution in [2.75, 3.05) is 11.5 Å². The third-order valence-corrected chi connectivity index (χ3v) is 6.44. The molecule has 1 saturated heterocycles. The molecule has 1 aromatic rings. The van der Waals surface area contributed by atoms with Crippen molar-refractivity contribution in [1.29, 1.82) is 0 Å². The summed E-state index contributed by atoms with van der Waals surface area (Å²) in [7, 11) is 0. The molecule has 2 amide bonds. The summed E-state index contributed by atoms with van der Waals surface area (Å²) in [6, 6.07) is -0.858. The number of hydrogen-bond acceptors (Lipinski definition) is 9. The number of nitrogen functional groups attached to an aromatic ring is 1. The Kier molecular flexibility index (Phi) is 5.28. The van der Waals surface area contributed by atoms with Crippen molar-refractivity contribution in [3.8, 4) is 0 Å². The minimum absolute atomic E-state index is 0.0678. The maximum absolute atomic E-state index is 12.9. The molecule has 152 valence electrons. The Hall–Kier alpha value is -2.86. The van der Waals surface area contributed by atoms with Crippen LogP contribution in [0.15, 0.2) is 34.5 Å². The Balaban J connectivity index is 1.50. The molecule has 4 N–H and O–H groups in total. The van der Waals surface area contributed by atoms with Crippen molar-refractivity contribution in [1.82, 2.24) is 15.2 Å². The zero-order chi connectivity index (χ0) is 20.5. The fourth-order valence-corrected chi connectivity index (χ4v) is 4.90. The van der Waals surface area contributed by atoms with Gasteiger partial charge in [-0.05, 0) is 25.0 Å². The number of oxime groups is 1. The number of thioether (sulfide) groups is 1. The number of aromatic nitrogens is 1. The lowest BCUT2D eigenvalue weighted by Gasteiger charge is -2.48. The van der Waals surface area contributed by atoms with Crippen LogP contribution < -0.4 is 11.1 Å². The number of nitrogens with two attached hydrogens (primary N) is 1. The third kappa shape index (κ3) is 3.72. The number of hydrogen-bond donors (Lipinski definition) is 3. The molecule has 12 heteroatoms. The molecule has 0 saturated carbocycles. The van der Waals surface area contributed by atoms with Crippen molar-refractivity contribution >= 4 is 51.7 Å². The number of carboxylic acid groups (broad SMARTS) is 1. The molecule has 1 aromatic heterocycles. The molecule has 4 rings (SSSR count). The average Bonchev–Trinajstić information content (AvgIpc) is 3.37. The monoisotopic (exact) mass is 435 g/mol. The molecule has 3 atom stereocenters. The first kappa shape index (κ1) is 19.5. The van der Waals surface area contributed by atoms with Gasteiger partial charge < -0.3 is 21.0 Å². The van der Waals surface area contributed by atoms with E-state index in [0.29, 0.717) is 5.75 Å². The first-order valence-electron chi connectivity index (χ1n) is 8.76. The number of rotatable bonds is 6. The van der Waals surface area contributed by atoms with Crippen molar-refractivity contribution in [3.63, 3.8) is 0 Å². The average molecular weight is 435 g/mol. The van der Waals surface area contributed by atoms with Crippen LogP contribution in [0.2, 0.25) is 0 Å². The van der Waals surface area contributed by atoms with E-state index in [1.165, 1.54) is 22.7 Å². The Bertz CT molecular complexity index is 956. The number of amides is 2. The molecule has 2 aliphatic heterocycles. The second-order valence-electron chi connectivity index (χ2n) is 6.44.